The molecule has 0 aliphatic carbocycles. The number of hydrogen-bond donors (Lipinski definition) is 0. The maximum absolute atomic E-state index is 12.0. The summed E-state index contributed by atoms with van der Waals surface area (Å²) in [5, 5.41) is 0. The Labute approximate surface area is 177 Å². The number of carbonyl (C=O) groups is 1. The van der Waals surface area contributed by atoms with Crippen LogP contribution in [0.5, 0.6) is 0 Å². The van der Waals surface area contributed by atoms with Crippen LogP contribution in [0.2, 0.25) is 0 Å². The van der Waals surface area contributed by atoms with E-state index in [-0.39, 0.29) is 11.9 Å². The largest absolute Gasteiger partial charge is 0.465 e. The molecule has 0 aliphatic heterocycles. The smallest absolute Gasteiger partial charge is 0.308 e. The summed E-state index contributed by atoms with van der Waals surface area (Å²) in [4.78, 5) is 12.0. The first-order valence-electron chi connectivity index (χ1n) is 12.7. The van der Waals surface area contributed by atoms with E-state index in [1.54, 1.807) is 0 Å². The van der Waals surface area contributed by atoms with Gasteiger partial charge in [0.15, 0.2) is 0 Å². The van der Waals surface area contributed by atoms with Gasteiger partial charge in [0, 0.05) is 0 Å². The molecule has 0 aromatic carbocycles. The van der Waals surface area contributed by atoms with E-state index in [9.17, 15) is 4.79 Å². The van der Waals surface area contributed by atoms with Crippen LogP contribution in [-0.4, -0.2) is 12.6 Å². The van der Waals surface area contributed by atoms with E-state index in [0.717, 1.165) is 32.1 Å². The van der Waals surface area contributed by atoms with Gasteiger partial charge in [-0.05, 0) is 19.3 Å². The highest BCUT2D eigenvalue weighted by molar-refractivity contribution is 5.72. The number of hydrogen-bond acceptors (Lipinski definition) is 2. The molecule has 0 saturated heterocycles. The van der Waals surface area contributed by atoms with E-state index in [1.165, 1.54) is 96.3 Å². The van der Waals surface area contributed by atoms with Gasteiger partial charge in [-0.2, -0.15) is 0 Å². The highest BCUT2D eigenvalue weighted by Crippen LogP contribution is 2.16. The fourth-order valence-corrected chi connectivity index (χ4v) is 3.82. The molecular formula is C26H51O2. The fourth-order valence-electron chi connectivity index (χ4n) is 3.82. The molecule has 1 unspecified atom stereocenters. The number of esters is 1. The van der Waals surface area contributed by atoms with Gasteiger partial charge in [0.25, 0.3) is 0 Å². The van der Waals surface area contributed by atoms with Gasteiger partial charge in [-0.15, -0.1) is 0 Å². The molecule has 167 valence electrons. The molecular weight excluding hydrogens is 344 g/mol. The zero-order valence-corrected chi connectivity index (χ0v) is 19.5. The van der Waals surface area contributed by atoms with Crippen molar-refractivity contribution in [3.63, 3.8) is 0 Å². The highest BCUT2D eigenvalue weighted by atomic mass is 16.5. The molecule has 0 amide bonds. The minimum absolute atomic E-state index is 0.0110. The third-order valence-corrected chi connectivity index (χ3v) is 5.87. The number of ether oxygens (including phenoxy) is 1. The fraction of sp³-hybridized carbons (Fsp3) is 0.923. The molecule has 0 aliphatic rings. The van der Waals surface area contributed by atoms with Gasteiger partial charge in [-0.3, -0.25) is 4.79 Å². The highest BCUT2D eigenvalue weighted by Gasteiger charge is 2.16. The summed E-state index contributed by atoms with van der Waals surface area (Å²) in [5.41, 5.74) is 0. The maximum atomic E-state index is 12.0. The van der Waals surface area contributed by atoms with Crippen LogP contribution in [-0.2, 0) is 9.53 Å². The summed E-state index contributed by atoms with van der Waals surface area (Å²) in [6, 6.07) is 0. The maximum Gasteiger partial charge on any atom is 0.308 e. The van der Waals surface area contributed by atoms with E-state index >= 15 is 0 Å². The van der Waals surface area contributed by atoms with E-state index in [1.807, 2.05) is 0 Å². The predicted octanol–water partition coefficient (Wildman–Crippen LogP) is 8.82. The van der Waals surface area contributed by atoms with E-state index in [4.69, 9.17) is 4.74 Å². The second-order valence-corrected chi connectivity index (χ2v) is 8.57. The summed E-state index contributed by atoms with van der Waals surface area (Å²) in [6.07, 6.45) is 25.6. The molecule has 1 radical (unpaired) electrons. The van der Waals surface area contributed by atoms with Crippen LogP contribution in [0.1, 0.15) is 142 Å². The Balaban J connectivity index is 3.24. The normalized spacial score (nSPS) is 12.2. The molecule has 0 heterocycles. The van der Waals surface area contributed by atoms with Crippen LogP contribution in [0.15, 0.2) is 0 Å². The predicted molar refractivity (Wildman–Crippen MR) is 123 cm³/mol. The van der Waals surface area contributed by atoms with Gasteiger partial charge in [0.05, 0.1) is 12.5 Å². The van der Waals surface area contributed by atoms with Crippen LogP contribution in [0.3, 0.4) is 0 Å². The second kappa shape index (κ2) is 22.8. The first-order valence-corrected chi connectivity index (χ1v) is 12.7. The molecule has 0 spiro atoms. The molecule has 0 fully saturated rings. The Morgan fingerprint density at radius 2 is 1.11 bits per heavy atom. The summed E-state index contributed by atoms with van der Waals surface area (Å²) < 4.78 is 5.45. The lowest BCUT2D eigenvalue weighted by molar-refractivity contribution is -0.149. The summed E-state index contributed by atoms with van der Waals surface area (Å²) in [7, 11) is 0. The van der Waals surface area contributed by atoms with Crippen LogP contribution >= 0.6 is 0 Å². The Bertz CT molecular complexity index is 314. The minimum Gasteiger partial charge on any atom is -0.465 e. The Morgan fingerprint density at radius 3 is 1.50 bits per heavy atom. The molecule has 0 rings (SSSR count). The summed E-state index contributed by atoms with van der Waals surface area (Å²) in [6.45, 7) is 8.82. The Morgan fingerprint density at radius 1 is 0.679 bits per heavy atom. The molecule has 2 heteroatoms. The zero-order valence-electron chi connectivity index (χ0n) is 19.5. The van der Waals surface area contributed by atoms with Crippen molar-refractivity contribution in [1.82, 2.24) is 0 Å². The van der Waals surface area contributed by atoms with E-state index in [2.05, 4.69) is 20.8 Å². The average molecular weight is 396 g/mol. The molecule has 0 aromatic rings. The van der Waals surface area contributed by atoms with Gasteiger partial charge < -0.3 is 4.74 Å². The lowest BCUT2D eigenvalue weighted by atomic mass is 10.00. The van der Waals surface area contributed by atoms with Crippen molar-refractivity contribution >= 4 is 5.97 Å². The van der Waals surface area contributed by atoms with Crippen molar-refractivity contribution in [3.8, 4) is 0 Å². The third-order valence-electron chi connectivity index (χ3n) is 5.87. The van der Waals surface area contributed by atoms with E-state index < -0.39 is 0 Å². The van der Waals surface area contributed by atoms with Crippen LogP contribution in [0, 0.1) is 12.8 Å². The summed E-state index contributed by atoms with van der Waals surface area (Å²) >= 11 is 0. The van der Waals surface area contributed by atoms with Gasteiger partial charge >= 0.3 is 5.97 Å². The standard InChI is InChI=1S/C26H51O2/c1-4-7-9-10-11-12-13-14-15-16-17-18-19-20-21-22-24-28-26(27)25(6-3)23-8-5-2/h25H,2,4-24H2,1,3H3. The molecule has 0 saturated carbocycles. The molecule has 0 N–H and O–H groups in total. The third kappa shape index (κ3) is 18.8. The van der Waals surface area contributed by atoms with E-state index in [0.29, 0.717) is 6.61 Å². The second-order valence-electron chi connectivity index (χ2n) is 8.57. The molecule has 2 nitrogen and oxygen atoms in total. The van der Waals surface area contributed by atoms with Gasteiger partial charge in [0.2, 0.25) is 0 Å². The zero-order chi connectivity index (χ0) is 20.7. The molecule has 0 aromatic heterocycles. The van der Waals surface area contributed by atoms with Crippen molar-refractivity contribution in [2.75, 3.05) is 6.61 Å². The number of carbonyl (C=O) groups excluding carboxylic acids is 1. The molecule has 0 bridgehead atoms. The quantitative estimate of drug-likeness (QED) is 0.135. The van der Waals surface area contributed by atoms with Gasteiger partial charge in [0.1, 0.15) is 0 Å². The van der Waals surface area contributed by atoms with Crippen molar-refractivity contribution in [2.24, 2.45) is 5.92 Å². The molecule has 28 heavy (non-hydrogen) atoms. The number of rotatable bonds is 22. The first-order chi connectivity index (χ1) is 13.8. The SMILES string of the molecule is [CH2]CCCC(CC)C(=O)OCCCCCCCCCCCCCCCCCC. The molecule has 1 atom stereocenters. The van der Waals surface area contributed by atoms with Crippen LogP contribution < -0.4 is 0 Å². The van der Waals surface area contributed by atoms with Crippen molar-refractivity contribution in [2.45, 2.75) is 142 Å². The van der Waals surface area contributed by atoms with Crippen molar-refractivity contribution < 1.29 is 9.53 Å². The van der Waals surface area contributed by atoms with Crippen LogP contribution in [0.4, 0.5) is 0 Å². The Kier molecular flexibility index (Phi) is 22.3. The van der Waals surface area contributed by atoms with Gasteiger partial charge in [-0.1, -0.05) is 130 Å². The first kappa shape index (κ1) is 27.5. The van der Waals surface area contributed by atoms with Crippen molar-refractivity contribution in [3.05, 3.63) is 6.92 Å². The minimum atomic E-state index is 0.0110. The lowest BCUT2D eigenvalue weighted by Gasteiger charge is -2.13. The topological polar surface area (TPSA) is 26.3 Å². The summed E-state index contributed by atoms with van der Waals surface area (Å²) in [5.74, 6) is 0.0970. The lowest BCUT2D eigenvalue weighted by Crippen LogP contribution is -2.17. The number of unbranched alkanes of at least 4 members (excludes halogenated alkanes) is 16. The Hall–Kier alpha value is -0.530. The average Bonchev–Trinajstić information content (AvgIpc) is 2.70. The van der Waals surface area contributed by atoms with Crippen LogP contribution in [0.25, 0.3) is 0 Å². The van der Waals surface area contributed by atoms with Crippen molar-refractivity contribution in [1.29, 1.82) is 0 Å². The monoisotopic (exact) mass is 395 g/mol. The van der Waals surface area contributed by atoms with Gasteiger partial charge in [-0.25, -0.2) is 0 Å².